The van der Waals surface area contributed by atoms with E-state index in [1.54, 1.807) is 0 Å². The van der Waals surface area contributed by atoms with Crippen molar-refractivity contribution >= 4 is 11.8 Å². The van der Waals surface area contributed by atoms with E-state index >= 15 is 0 Å². The SMILES string of the molecule is O=C(NCCNC(=O)C1CC1)c1ccc(-c2ccccc2)cc1. The Morgan fingerprint density at radius 2 is 1.43 bits per heavy atom. The Labute approximate surface area is 135 Å². The minimum atomic E-state index is -0.120. The van der Waals surface area contributed by atoms with Crippen LogP contribution in [0.2, 0.25) is 0 Å². The fraction of sp³-hybridized carbons (Fsp3) is 0.263. The van der Waals surface area contributed by atoms with E-state index in [2.05, 4.69) is 10.6 Å². The van der Waals surface area contributed by atoms with Gasteiger partial charge in [-0.25, -0.2) is 0 Å². The molecule has 1 saturated carbocycles. The molecule has 0 bridgehead atoms. The summed E-state index contributed by atoms with van der Waals surface area (Å²) in [5.74, 6) is 0.188. The molecule has 4 nitrogen and oxygen atoms in total. The molecular weight excluding hydrogens is 288 g/mol. The van der Waals surface area contributed by atoms with Crippen molar-refractivity contribution in [3.63, 3.8) is 0 Å². The van der Waals surface area contributed by atoms with Crippen LogP contribution in [-0.2, 0) is 4.79 Å². The third-order valence-electron chi connectivity index (χ3n) is 3.91. The molecule has 1 aliphatic rings. The number of nitrogens with one attached hydrogen (secondary N) is 2. The zero-order chi connectivity index (χ0) is 16.1. The van der Waals surface area contributed by atoms with Crippen molar-refractivity contribution in [1.29, 1.82) is 0 Å². The number of rotatable bonds is 6. The summed E-state index contributed by atoms with van der Waals surface area (Å²) in [7, 11) is 0. The maximum Gasteiger partial charge on any atom is 0.251 e. The lowest BCUT2D eigenvalue weighted by Crippen LogP contribution is -2.35. The molecule has 1 fully saturated rings. The Kier molecular flexibility index (Phi) is 4.71. The molecule has 2 amide bonds. The van der Waals surface area contributed by atoms with Crippen molar-refractivity contribution in [3.8, 4) is 11.1 Å². The molecule has 23 heavy (non-hydrogen) atoms. The number of hydrogen-bond acceptors (Lipinski definition) is 2. The molecule has 3 rings (SSSR count). The summed E-state index contributed by atoms with van der Waals surface area (Å²) in [6.07, 6.45) is 1.98. The minimum Gasteiger partial charge on any atom is -0.354 e. The number of carbonyl (C=O) groups excluding carboxylic acids is 2. The van der Waals surface area contributed by atoms with Gasteiger partial charge in [-0.2, -0.15) is 0 Å². The molecule has 2 N–H and O–H groups in total. The molecule has 2 aromatic carbocycles. The van der Waals surface area contributed by atoms with Gasteiger partial charge in [-0.15, -0.1) is 0 Å². The average molecular weight is 308 g/mol. The van der Waals surface area contributed by atoms with E-state index in [0.717, 1.165) is 24.0 Å². The lowest BCUT2D eigenvalue weighted by molar-refractivity contribution is -0.122. The molecule has 0 saturated heterocycles. The third kappa shape index (κ3) is 4.19. The molecule has 0 unspecified atom stereocenters. The summed E-state index contributed by atoms with van der Waals surface area (Å²) in [6, 6.07) is 17.6. The van der Waals surface area contributed by atoms with Gasteiger partial charge in [0.2, 0.25) is 5.91 Å². The first-order chi connectivity index (χ1) is 11.2. The molecule has 0 spiro atoms. The van der Waals surface area contributed by atoms with Crippen LogP contribution < -0.4 is 10.6 Å². The molecule has 0 radical (unpaired) electrons. The quantitative estimate of drug-likeness (QED) is 0.806. The lowest BCUT2D eigenvalue weighted by atomic mass is 10.0. The van der Waals surface area contributed by atoms with Gasteiger partial charge in [0.05, 0.1) is 0 Å². The average Bonchev–Trinajstić information content (AvgIpc) is 3.44. The predicted octanol–water partition coefficient (Wildman–Crippen LogP) is 2.61. The highest BCUT2D eigenvalue weighted by Crippen LogP contribution is 2.28. The number of benzene rings is 2. The number of amides is 2. The fourth-order valence-electron chi connectivity index (χ4n) is 2.40. The van der Waals surface area contributed by atoms with Gasteiger partial charge in [-0.1, -0.05) is 42.5 Å². The highest BCUT2D eigenvalue weighted by Gasteiger charge is 2.28. The smallest absolute Gasteiger partial charge is 0.251 e. The van der Waals surface area contributed by atoms with Gasteiger partial charge in [-0.05, 0) is 36.1 Å². The highest BCUT2D eigenvalue weighted by atomic mass is 16.2. The summed E-state index contributed by atoms with van der Waals surface area (Å²) >= 11 is 0. The fourth-order valence-corrected chi connectivity index (χ4v) is 2.40. The van der Waals surface area contributed by atoms with Gasteiger partial charge in [0.25, 0.3) is 5.91 Å². The van der Waals surface area contributed by atoms with E-state index in [0.29, 0.717) is 18.7 Å². The van der Waals surface area contributed by atoms with Crippen LogP contribution in [0.4, 0.5) is 0 Å². The lowest BCUT2D eigenvalue weighted by Gasteiger charge is -2.07. The molecule has 2 aromatic rings. The first kappa shape index (κ1) is 15.3. The zero-order valence-corrected chi connectivity index (χ0v) is 12.9. The zero-order valence-electron chi connectivity index (χ0n) is 12.9. The molecule has 0 atom stereocenters. The first-order valence-electron chi connectivity index (χ1n) is 7.95. The Morgan fingerprint density at radius 1 is 0.826 bits per heavy atom. The van der Waals surface area contributed by atoms with Crippen molar-refractivity contribution in [2.24, 2.45) is 5.92 Å². The van der Waals surface area contributed by atoms with Crippen molar-refractivity contribution in [1.82, 2.24) is 10.6 Å². The molecule has 118 valence electrons. The molecule has 4 heteroatoms. The van der Waals surface area contributed by atoms with E-state index in [1.807, 2.05) is 54.6 Å². The largest absolute Gasteiger partial charge is 0.354 e. The highest BCUT2D eigenvalue weighted by molar-refractivity contribution is 5.94. The molecule has 0 aromatic heterocycles. The van der Waals surface area contributed by atoms with E-state index in [4.69, 9.17) is 0 Å². The van der Waals surface area contributed by atoms with Crippen molar-refractivity contribution in [2.75, 3.05) is 13.1 Å². The summed E-state index contributed by atoms with van der Waals surface area (Å²) in [5.41, 5.74) is 2.83. The second-order valence-corrected chi connectivity index (χ2v) is 5.76. The van der Waals surface area contributed by atoms with Gasteiger partial charge in [0, 0.05) is 24.6 Å². The normalized spacial score (nSPS) is 13.4. The van der Waals surface area contributed by atoms with Gasteiger partial charge < -0.3 is 10.6 Å². The van der Waals surface area contributed by atoms with Crippen molar-refractivity contribution in [3.05, 3.63) is 60.2 Å². The maximum absolute atomic E-state index is 12.1. The number of hydrogen-bond donors (Lipinski definition) is 2. The molecule has 0 heterocycles. The van der Waals surface area contributed by atoms with Crippen LogP contribution in [0.1, 0.15) is 23.2 Å². The standard InChI is InChI=1S/C19H20N2O2/c22-18(20-12-13-21-19(23)17-10-11-17)16-8-6-15(7-9-16)14-4-2-1-3-5-14/h1-9,17H,10-13H2,(H,20,22)(H,21,23). The second kappa shape index (κ2) is 7.09. The Hall–Kier alpha value is -2.62. The monoisotopic (exact) mass is 308 g/mol. The molecular formula is C19H20N2O2. The Balaban J connectivity index is 1.48. The van der Waals surface area contributed by atoms with Crippen molar-refractivity contribution in [2.45, 2.75) is 12.8 Å². The summed E-state index contributed by atoms with van der Waals surface area (Å²) in [6.45, 7) is 0.918. The Morgan fingerprint density at radius 3 is 2.09 bits per heavy atom. The Bertz CT molecular complexity index is 676. The van der Waals surface area contributed by atoms with Gasteiger partial charge >= 0.3 is 0 Å². The van der Waals surface area contributed by atoms with Crippen LogP contribution >= 0.6 is 0 Å². The summed E-state index contributed by atoms with van der Waals surface area (Å²) in [5, 5.41) is 5.65. The summed E-state index contributed by atoms with van der Waals surface area (Å²) < 4.78 is 0. The van der Waals surface area contributed by atoms with Crippen LogP contribution in [0.15, 0.2) is 54.6 Å². The van der Waals surface area contributed by atoms with E-state index in [1.165, 1.54) is 0 Å². The first-order valence-corrected chi connectivity index (χ1v) is 7.95. The second-order valence-electron chi connectivity index (χ2n) is 5.76. The predicted molar refractivity (Wildman–Crippen MR) is 89.9 cm³/mol. The molecule has 1 aliphatic carbocycles. The minimum absolute atomic E-state index is 0.103. The van der Waals surface area contributed by atoms with Crippen LogP contribution in [0.25, 0.3) is 11.1 Å². The summed E-state index contributed by atoms with van der Waals surface area (Å²) in [4.78, 5) is 23.5. The van der Waals surface area contributed by atoms with Crippen LogP contribution in [0.5, 0.6) is 0 Å². The maximum atomic E-state index is 12.1. The topological polar surface area (TPSA) is 58.2 Å². The van der Waals surface area contributed by atoms with Gasteiger partial charge in [-0.3, -0.25) is 9.59 Å². The van der Waals surface area contributed by atoms with Gasteiger partial charge in [0.15, 0.2) is 0 Å². The van der Waals surface area contributed by atoms with E-state index in [9.17, 15) is 9.59 Å². The van der Waals surface area contributed by atoms with Gasteiger partial charge in [0.1, 0.15) is 0 Å². The number of carbonyl (C=O) groups is 2. The third-order valence-corrected chi connectivity index (χ3v) is 3.91. The van der Waals surface area contributed by atoms with Crippen LogP contribution in [0, 0.1) is 5.92 Å². The van der Waals surface area contributed by atoms with E-state index < -0.39 is 0 Å². The van der Waals surface area contributed by atoms with Crippen LogP contribution in [-0.4, -0.2) is 24.9 Å². The van der Waals surface area contributed by atoms with Crippen molar-refractivity contribution < 1.29 is 9.59 Å². The van der Waals surface area contributed by atoms with Crippen LogP contribution in [0.3, 0.4) is 0 Å². The molecule has 0 aliphatic heterocycles. The van der Waals surface area contributed by atoms with E-state index in [-0.39, 0.29) is 17.7 Å².